The van der Waals surface area contributed by atoms with Crippen LogP contribution >= 0.6 is 11.3 Å². The molecule has 30 heavy (non-hydrogen) atoms. The lowest BCUT2D eigenvalue weighted by molar-refractivity contribution is 0.102. The first-order chi connectivity index (χ1) is 14.4. The van der Waals surface area contributed by atoms with Crippen LogP contribution in [0.25, 0.3) is 15.5 Å². The van der Waals surface area contributed by atoms with Crippen LogP contribution < -0.4 is 10.1 Å². The van der Waals surface area contributed by atoms with Crippen LogP contribution in [-0.4, -0.2) is 31.8 Å². The van der Waals surface area contributed by atoms with Crippen molar-refractivity contribution in [1.82, 2.24) is 19.8 Å². The zero-order valence-corrected chi connectivity index (χ0v) is 18.2. The summed E-state index contributed by atoms with van der Waals surface area (Å²) in [6.45, 7) is 7.90. The predicted octanol–water partition coefficient (Wildman–Crippen LogP) is 4.76. The van der Waals surface area contributed by atoms with Crippen LogP contribution in [0.2, 0.25) is 0 Å². The van der Waals surface area contributed by atoms with Gasteiger partial charge in [0.2, 0.25) is 4.96 Å². The number of nitrogens with zero attached hydrogens (tertiary/aromatic N) is 4. The molecule has 8 heteroatoms. The Morgan fingerprint density at radius 3 is 2.80 bits per heavy atom. The van der Waals surface area contributed by atoms with Crippen molar-refractivity contribution in [2.45, 2.75) is 40.2 Å². The Morgan fingerprint density at radius 1 is 1.20 bits per heavy atom. The highest BCUT2D eigenvalue weighted by Crippen LogP contribution is 2.29. The first kappa shape index (κ1) is 20.0. The summed E-state index contributed by atoms with van der Waals surface area (Å²) < 4.78 is 7.47. The molecule has 0 aliphatic carbocycles. The summed E-state index contributed by atoms with van der Waals surface area (Å²) in [6, 6.07) is 13.1. The van der Waals surface area contributed by atoms with Crippen molar-refractivity contribution in [3.63, 3.8) is 0 Å². The minimum absolute atomic E-state index is 0.0463. The maximum Gasteiger partial charge on any atom is 0.255 e. The van der Waals surface area contributed by atoms with Gasteiger partial charge >= 0.3 is 0 Å². The Balaban J connectivity index is 1.60. The Labute approximate surface area is 178 Å². The molecule has 4 rings (SSSR count). The Kier molecular flexibility index (Phi) is 5.50. The van der Waals surface area contributed by atoms with Crippen LogP contribution in [-0.2, 0) is 6.42 Å². The highest BCUT2D eigenvalue weighted by atomic mass is 32.1. The number of nitrogens with one attached hydrogen (secondary N) is 1. The maximum atomic E-state index is 12.8. The number of ether oxygens (including phenoxy) is 1. The average molecular weight is 422 g/mol. The van der Waals surface area contributed by atoms with Crippen LogP contribution in [0.15, 0.2) is 42.5 Å². The molecule has 1 N–H and O–H groups in total. The van der Waals surface area contributed by atoms with Gasteiger partial charge < -0.3 is 10.1 Å². The van der Waals surface area contributed by atoms with Crippen molar-refractivity contribution in [1.29, 1.82) is 0 Å². The molecule has 0 fully saturated rings. The second kappa shape index (κ2) is 8.23. The van der Waals surface area contributed by atoms with Gasteiger partial charge in [-0.1, -0.05) is 36.5 Å². The fourth-order valence-corrected chi connectivity index (χ4v) is 3.92. The number of rotatable bonds is 6. The molecular weight excluding hydrogens is 398 g/mol. The van der Waals surface area contributed by atoms with E-state index in [1.54, 1.807) is 16.6 Å². The normalized spacial score (nSPS) is 11.2. The Bertz CT molecular complexity index is 1210. The Hall–Kier alpha value is -3.26. The zero-order chi connectivity index (χ0) is 21.3. The third-order valence-electron chi connectivity index (χ3n) is 4.57. The number of hydrogen-bond donors (Lipinski definition) is 1. The van der Waals surface area contributed by atoms with Gasteiger partial charge in [-0.15, -0.1) is 10.2 Å². The summed E-state index contributed by atoms with van der Waals surface area (Å²) in [6.07, 6.45) is 0.809. The molecule has 0 bridgehead atoms. The highest BCUT2D eigenvalue weighted by molar-refractivity contribution is 7.19. The van der Waals surface area contributed by atoms with Crippen LogP contribution in [0, 0.1) is 6.92 Å². The molecule has 2 aromatic heterocycles. The monoisotopic (exact) mass is 421 g/mol. The lowest BCUT2D eigenvalue weighted by atomic mass is 10.1. The fourth-order valence-electron chi connectivity index (χ4n) is 3.06. The van der Waals surface area contributed by atoms with Gasteiger partial charge in [-0.05, 0) is 50.6 Å². The van der Waals surface area contributed by atoms with Crippen LogP contribution in [0.4, 0.5) is 5.69 Å². The minimum atomic E-state index is -0.184. The lowest BCUT2D eigenvalue weighted by Crippen LogP contribution is -2.13. The number of benzene rings is 2. The first-order valence-corrected chi connectivity index (χ1v) is 10.7. The maximum absolute atomic E-state index is 12.8. The molecule has 0 radical (unpaired) electrons. The smallest absolute Gasteiger partial charge is 0.255 e. The predicted molar refractivity (Wildman–Crippen MR) is 118 cm³/mol. The molecule has 154 valence electrons. The van der Waals surface area contributed by atoms with Crippen molar-refractivity contribution in [2.24, 2.45) is 0 Å². The van der Waals surface area contributed by atoms with E-state index >= 15 is 0 Å². The second-order valence-electron chi connectivity index (χ2n) is 7.25. The Morgan fingerprint density at radius 2 is 2.03 bits per heavy atom. The summed E-state index contributed by atoms with van der Waals surface area (Å²) in [5.41, 5.74) is 3.18. The van der Waals surface area contributed by atoms with E-state index in [9.17, 15) is 4.79 Å². The molecule has 0 saturated carbocycles. The van der Waals surface area contributed by atoms with E-state index < -0.39 is 0 Å². The molecule has 0 unspecified atom stereocenters. The third kappa shape index (κ3) is 4.04. The summed E-state index contributed by atoms with van der Waals surface area (Å²) in [5, 5.41) is 16.8. The minimum Gasteiger partial charge on any atom is -0.491 e. The molecule has 7 nitrogen and oxygen atoms in total. The quantitative estimate of drug-likeness (QED) is 0.485. The molecular formula is C22H23N5O2S. The van der Waals surface area contributed by atoms with E-state index in [4.69, 9.17) is 4.74 Å². The number of hydrogen-bond acceptors (Lipinski definition) is 6. The second-order valence-corrected chi connectivity index (χ2v) is 8.21. The zero-order valence-electron chi connectivity index (χ0n) is 17.3. The van der Waals surface area contributed by atoms with Gasteiger partial charge in [0.15, 0.2) is 5.82 Å². The SMILES string of the molecule is CCc1nnc2sc(-c3ccc(C)c(NC(=O)c4cccc(OC(C)C)c4)c3)nn12. The van der Waals surface area contributed by atoms with Gasteiger partial charge in [0.1, 0.15) is 10.8 Å². The molecule has 0 saturated heterocycles. The number of carbonyl (C=O) groups excluding carboxylic acids is 1. The molecule has 0 atom stereocenters. The number of fused-ring (bicyclic) bond motifs is 1. The van der Waals surface area contributed by atoms with Crippen LogP contribution in [0.1, 0.15) is 42.5 Å². The van der Waals surface area contributed by atoms with E-state index in [1.165, 1.54) is 11.3 Å². The van der Waals surface area contributed by atoms with E-state index in [0.29, 0.717) is 11.3 Å². The number of aryl methyl sites for hydroxylation is 2. The number of amides is 1. The largest absolute Gasteiger partial charge is 0.491 e. The van der Waals surface area contributed by atoms with Crippen molar-refractivity contribution in [3.05, 3.63) is 59.4 Å². The molecule has 1 amide bonds. The molecule has 0 aliphatic heterocycles. The van der Waals surface area contributed by atoms with Crippen LogP contribution in [0.3, 0.4) is 0 Å². The average Bonchev–Trinajstić information content (AvgIpc) is 3.30. The first-order valence-electron chi connectivity index (χ1n) is 9.84. The lowest BCUT2D eigenvalue weighted by Gasteiger charge is -2.12. The fraction of sp³-hybridized carbons (Fsp3) is 0.273. The van der Waals surface area contributed by atoms with Crippen LogP contribution in [0.5, 0.6) is 5.75 Å². The van der Waals surface area contributed by atoms with Gasteiger partial charge in [0.05, 0.1) is 6.10 Å². The van der Waals surface area contributed by atoms with Gasteiger partial charge in [-0.25, -0.2) is 0 Å². The van der Waals surface area contributed by atoms with E-state index in [1.807, 2.05) is 58.0 Å². The van der Waals surface area contributed by atoms with Crippen molar-refractivity contribution < 1.29 is 9.53 Å². The van der Waals surface area contributed by atoms with E-state index in [-0.39, 0.29) is 12.0 Å². The third-order valence-corrected chi connectivity index (χ3v) is 5.52. The number of carbonyl (C=O) groups is 1. The molecule has 2 heterocycles. The van der Waals surface area contributed by atoms with Crippen molar-refractivity contribution in [2.75, 3.05) is 5.32 Å². The molecule has 4 aromatic rings. The van der Waals surface area contributed by atoms with Gasteiger partial charge in [-0.3, -0.25) is 4.79 Å². The number of anilines is 1. The molecule has 0 spiro atoms. The number of aromatic nitrogens is 4. The van der Waals surface area contributed by atoms with E-state index in [2.05, 4.69) is 20.6 Å². The van der Waals surface area contributed by atoms with Gasteiger partial charge in [-0.2, -0.15) is 9.61 Å². The van der Waals surface area contributed by atoms with E-state index in [0.717, 1.165) is 39.0 Å². The summed E-state index contributed by atoms with van der Waals surface area (Å²) >= 11 is 1.47. The highest BCUT2D eigenvalue weighted by Gasteiger charge is 2.14. The molecule has 0 aliphatic rings. The topological polar surface area (TPSA) is 81.4 Å². The van der Waals surface area contributed by atoms with Gasteiger partial charge in [0, 0.05) is 23.2 Å². The van der Waals surface area contributed by atoms with Crippen molar-refractivity contribution in [3.8, 4) is 16.3 Å². The summed E-state index contributed by atoms with van der Waals surface area (Å²) in [4.78, 5) is 13.6. The standard InChI is InChI=1S/C22H23N5O2S/c1-5-19-24-25-22-27(19)26-21(30-22)16-10-9-14(4)18(12-16)23-20(28)15-7-6-8-17(11-15)29-13(2)3/h6-13H,5H2,1-4H3,(H,23,28). The van der Waals surface area contributed by atoms with Crippen molar-refractivity contribution >= 4 is 27.9 Å². The summed E-state index contributed by atoms with van der Waals surface area (Å²) in [5.74, 6) is 1.32. The summed E-state index contributed by atoms with van der Waals surface area (Å²) in [7, 11) is 0. The van der Waals surface area contributed by atoms with Gasteiger partial charge in [0.25, 0.3) is 5.91 Å². The molecule has 2 aromatic carbocycles.